The van der Waals surface area contributed by atoms with Gasteiger partial charge in [-0.25, -0.2) is 0 Å². The van der Waals surface area contributed by atoms with Gasteiger partial charge in [-0.05, 0) is 67.5 Å². The monoisotopic (exact) mass is 621 g/mol. The van der Waals surface area contributed by atoms with Crippen LogP contribution < -0.4 is 14.2 Å². The Labute approximate surface area is 268 Å². The van der Waals surface area contributed by atoms with Gasteiger partial charge in [0.25, 0.3) is 0 Å². The Bertz CT molecular complexity index is 1800. The Morgan fingerprint density at radius 2 is 1.87 bits per heavy atom. The van der Waals surface area contributed by atoms with Gasteiger partial charge in [0.05, 0.1) is 6.04 Å². The van der Waals surface area contributed by atoms with Crippen LogP contribution >= 0.6 is 0 Å². The van der Waals surface area contributed by atoms with E-state index in [2.05, 4.69) is 39.0 Å². The molecule has 3 aromatic carbocycles. The molecule has 0 saturated carbocycles. The fourth-order valence-corrected chi connectivity index (χ4v) is 7.57. The lowest BCUT2D eigenvalue weighted by Crippen LogP contribution is -2.65. The fraction of sp³-hybridized carbons (Fsp3) is 0.389. The first-order valence-electron chi connectivity index (χ1n) is 16.1. The van der Waals surface area contributed by atoms with E-state index >= 15 is 0 Å². The van der Waals surface area contributed by atoms with Crippen LogP contribution in [0.25, 0.3) is 10.9 Å². The molecular weight excluding hydrogens is 582 g/mol. The van der Waals surface area contributed by atoms with Crippen LogP contribution in [0.4, 0.5) is 0 Å². The molecule has 2 fully saturated rings. The SMILES string of the molecule is CN(C)CCOc1cccc(CN2CC[C@@H](N3CC(=O)N4[C@H](c5ccc6c(c5)OCO6)c5[nH]c6ccccc6c5C[C@@H]4C3=O)C2)c1. The van der Waals surface area contributed by atoms with Gasteiger partial charge in [0.15, 0.2) is 11.5 Å². The van der Waals surface area contributed by atoms with Crippen LogP contribution in [0, 0.1) is 0 Å². The standard InChI is InChI=1S/C36H39N5O5/c1-38(2)14-15-44-26-7-5-6-23(16-26)19-39-13-12-25(20-39)40-21-33(42)41-30(36(40)43)18-28-27-8-3-4-9-29(27)37-34(28)35(41)24-10-11-31-32(17-24)46-22-45-31/h3-11,16-17,25,30,35,37H,12-15,18-22H2,1-2H3/t25-,30-,35-/m1/s1. The van der Waals surface area contributed by atoms with Crippen molar-refractivity contribution < 1.29 is 23.8 Å². The van der Waals surface area contributed by atoms with Crippen molar-refractivity contribution in [3.8, 4) is 17.2 Å². The number of aromatic nitrogens is 1. The topological polar surface area (TPSA) is 90.6 Å². The van der Waals surface area contributed by atoms with Crippen molar-refractivity contribution in [2.75, 3.05) is 53.7 Å². The fourth-order valence-electron chi connectivity index (χ4n) is 7.57. The van der Waals surface area contributed by atoms with E-state index in [9.17, 15) is 9.59 Å². The van der Waals surface area contributed by atoms with Crippen molar-refractivity contribution in [2.45, 2.75) is 37.5 Å². The van der Waals surface area contributed by atoms with Gasteiger partial charge in [-0.3, -0.25) is 14.5 Å². The van der Waals surface area contributed by atoms with Gasteiger partial charge >= 0.3 is 0 Å². The van der Waals surface area contributed by atoms with E-state index in [0.29, 0.717) is 24.5 Å². The summed E-state index contributed by atoms with van der Waals surface area (Å²) < 4.78 is 17.2. The number of hydrogen-bond donors (Lipinski definition) is 1. The van der Waals surface area contributed by atoms with Gasteiger partial charge < -0.3 is 33.9 Å². The maximum absolute atomic E-state index is 14.4. The predicted molar refractivity (Wildman–Crippen MR) is 173 cm³/mol. The summed E-state index contributed by atoms with van der Waals surface area (Å²) in [5.41, 5.74) is 5.15. The predicted octanol–water partition coefficient (Wildman–Crippen LogP) is 3.80. The van der Waals surface area contributed by atoms with Crippen molar-refractivity contribution in [1.82, 2.24) is 24.6 Å². The molecule has 8 rings (SSSR count). The Hall–Kier alpha value is -4.54. The maximum Gasteiger partial charge on any atom is 0.246 e. The molecular formula is C36H39N5O5. The summed E-state index contributed by atoms with van der Waals surface area (Å²) in [6.07, 6.45) is 1.33. The normalized spacial score (nSPS) is 22.5. The number of para-hydroxylation sites is 1. The Morgan fingerprint density at radius 3 is 2.76 bits per heavy atom. The molecule has 0 bridgehead atoms. The van der Waals surface area contributed by atoms with Gasteiger partial charge in [0.2, 0.25) is 18.6 Å². The Morgan fingerprint density at radius 1 is 1.00 bits per heavy atom. The highest BCUT2D eigenvalue weighted by Gasteiger charge is 2.50. The molecule has 2 amide bonds. The van der Waals surface area contributed by atoms with Crippen LogP contribution in [0.1, 0.15) is 34.8 Å². The number of fused-ring (bicyclic) bond motifs is 5. The van der Waals surface area contributed by atoms with Gasteiger partial charge in [-0.2, -0.15) is 0 Å². The summed E-state index contributed by atoms with van der Waals surface area (Å²) in [6.45, 7) is 4.14. The first-order valence-corrected chi connectivity index (χ1v) is 16.1. The highest BCUT2D eigenvalue weighted by atomic mass is 16.7. The van der Waals surface area contributed by atoms with Crippen LogP contribution in [-0.2, 0) is 22.6 Å². The molecule has 1 N–H and O–H groups in total. The number of carbonyl (C=O) groups excluding carboxylic acids is 2. The van der Waals surface area contributed by atoms with Crippen molar-refractivity contribution in [3.05, 3.63) is 89.1 Å². The molecule has 4 aromatic rings. The molecule has 0 unspecified atom stereocenters. The van der Waals surface area contributed by atoms with Crippen LogP contribution in [0.3, 0.4) is 0 Å². The highest BCUT2D eigenvalue weighted by Crippen LogP contribution is 2.45. The van der Waals surface area contributed by atoms with Crippen LogP contribution in [0.2, 0.25) is 0 Å². The lowest BCUT2D eigenvalue weighted by atomic mass is 9.85. The largest absolute Gasteiger partial charge is 0.492 e. The number of ether oxygens (including phenoxy) is 3. The summed E-state index contributed by atoms with van der Waals surface area (Å²) in [4.78, 5) is 40.3. The van der Waals surface area contributed by atoms with E-state index in [-0.39, 0.29) is 31.2 Å². The minimum absolute atomic E-state index is 0.00789. The lowest BCUT2D eigenvalue weighted by Gasteiger charge is -2.48. The molecule has 10 heteroatoms. The summed E-state index contributed by atoms with van der Waals surface area (Å²) in [7, 11) is 4.07. The second-order valence-corrected chi connectivity index (χ2v) is 13.0. The number of aromatic amines is 1. The first kappa shape index (κ1) is 28.9. The number of likely N-dealkylation sites (tertiary alicyclic amines) is 1. The number of likely N-dealkylation sites (N-methyl/N-ethyl adjacent to an activating group) is 1. The zero-order valence-electron chi connectivity index (χ0n) is 26.3. The number of nitrogens with zero attached hydrogens (tertiary/aromatic N) is 4. The molecule has 5 heterocycles. The Kier molecular flexibility index (Phi) is 7.33. The molecule has 0 spiro atoms. The quantitative estimate of drug-likeness (QED) is 0.320. The summed E-state index contributed by atoms with van der Waals surface area (Å²) >= 11 is 0. The van der Waals surface area contributed by atoms with Gasteiger partial charge in [-0.1, -0.05) is 36.4 Å². The van der Waals surface area contributed by atoms with Crippen molar-refractivity contribution in [3.63, 3.8) is 0 Å². The lowest BCUT2D eigenvalue weighted by molar-refractivity contribution is -0.160. The van der Waals surface area contributed by atoms with Gasteiger partial charge in [-0.15, -0.1) is 0 Å². The number of rotatable bonds is 8. The third kappa shape index (κ3) is 5.15. The van der Waals surface area contributed by atoms with E-state index in [4.69, 9.17) is 14.2 Å². The van der Waals surface area contributed by atoms with Gasteiger partial charge in [0, 0.05) is 55.2 Å². The molecule has 46 heavy (non-hydrogen) atoms. The number of hydrogen-bond acceptors (Lipinski definition) is 7. The molecule has 3 atom stereocenters. The summed E-state index contributed by atoms with van der Waals surface area (Å²) in [5.74, 6) is 2.22. The number of carbonyl (C=O) groups is 2. The minimum atomic E-state index is -0.576. The summed E-state index contributed by atoms with van der Waals surface area (Å²) in [5, 5.41) is 1.10. The van der Waals surface area contributed by atoms with E-state index in [1.807, 2.05) is 66.4 Å². The number of nitrogens with one attached hydrogen (secondary N) is 1. The number of amides is 2. The maximum atomic E-state index is 14.4. The molecule has 4 aliphatic heterocycles. The number of H-pyrrole nitrogens is 1. The van der Waals surface area contributed by atoms with Crippen molar-refractivity contribution in [1.29, 1.82) is 0 Å². The third-order valence-electron chi connectivity index (χ3n) is 9.81. The van der Waals surface area contributed by atoms with Crippen molar-refractivity contribution in [2.24, 2.45) is 0 Å². The molecule has 0 radical (unpaired) electrons. The zero-order chi connectivity index (χ0) is 31.4. The van der Waals surface area contributed by atoms with Crippen LogP contribution in [0.5, 0.6) is 17.2 Å². The van der Waals surface area contributed by atoms with E-state index in [0.717, 1.165) is 66.1 Å². The molecule has 0 aliphatic carbocycles. The second-order valence-electron chi connectivity index (χ2n) is 13.0. The zero-order valence-corrected chi connectivity index (χ0v) is 26.3. The van der Waals surface area contributed by atoms with Crippen LogP contribution in [-0.4, -0.2) is 102 Å². The average Bonchev–Trinajstić information content (AvgIpc) is 3.80. The molecule has 1 aromatic heterocycles. The average molecular weight is 622 g/mol. The number of piperazine rings is 1. The highest BCUT2D eigenvalue weighted by molar-refractivity contribution is 5.98. The van der Waals surface area contributed by atoms with E-state index in [1.54, 1.807) is 0 Å². The first-order chi connectivity index (χ1) is 22.4. The Balaban J connectivity index is 1.04. The molecule has 2 saturated heterocycles. The molecule has 4 aliphatic rings. The minimum Gasteiger partial charge on any atom is -0.492 e. The second kappa shape index (κ2) is 11.7. The summed E-state index contributed by atoms with van der Waals surface area (Å²) in [6, 6.07) is 21.3. The molecule has 10 nitrogen and oxygen atoms in total. The van der Waals surface area contributed by atoms with Crippen LogP contribution in [0.15, 0.2) is 66.7 Å². The molecule has 238 valence electrons. The smallest absolute Gasteiger partial charge is 0.246 e. The van der Waals surface area contributed by atoms with Gasteiger partial charge in [0.1, 0.15) is 24.9 Å². The van der Waals surface area contributed by atoms with Crippen molar-refractivity contribution >= 4 is 22.7 Å². The van der Waals surface area contributed by atoms with E-state index < -0.39 is 12.1 Å². The third-order valence-corrected chi connectivity index (χ3v) is 9.81. The van der Waals surface area contributed by atoms with E-state index in [1.165, 1.54) is 5.56 Å². The number of benzene rings is 3.